The summed E-state index contributed by atoms with van der Waals surface area (Å²) in [6.45, 7) is 0. The quantitative estimate of drug-likeness (QED) is 0.176. The Hall–Kier alpha value is -6.58. The first-order valence-electron chi connectivity index (χ1n) is 17.6. The molecule has 246 valence electrons. The van der Waals surface area contributed by atoms with Gasteiger partial charge in [-0.3, -0.25) is 0 Å². The summed E-state index contributed by atoms with van der Waals surface area (Å²) in [5, 5.41) is 0. The largest absolute Gasteiger partial charge is 0.310 e. The first kappa shape index (κ1) is 30.3. The van der Waals surface area contributed by atoms with Crippen LogP contribution in [0.25, 0.3) is 44.5 Å². The van der Waals surface area contributed by atoms with E-state index in [2.05, 4.69) is 126 Å². The number of nitrogens with zero attached hydrogens (tertiary/aromatic N) is 1. The van der Waals surface area contributed by atoms with E-state index in [0.29, 0.717) is 0 Å². The van der Waals surface area contributed by atoms with Gasteiger partial charge in [-0.1, -0.05) is 127 Å². The zero-order valence-corrected chi connectivity index (χ0v) is 28.1. The highest BCUT2D eigenvalue weighted by Crippen LogP contribution is 2.64. The van der Waals surface area contributed by atoms with Crippen LogP contribution < -0.4 is 4.90 Å². The lowest BCUT2D eigenvalue weighted by molar-refractivity contribution is 0.627. The lowest BCUT2D eigenvalue weighted by Crippen LogP contribution is -2.26. The molecule has 0 unspecified atom stereocenters. The molecule has 0 N–H and O–H groups in total. The minimum absolute atomic E-state index is 0.255. The minimum Gasteiger partial charge on any atom is -0.310 e. The maximum Gasteiger partial charge on any atom is 0.123 e. The van der Waals surface area contributed by atoms with Crippen molar-refractivity contribution < 1.29 is 8.78 Å². The van der Waals surface area contributed by atoms with Crippen LogP contribution in [0.2, 0.25) is 0 Å². The van der Waals surface area contributed by atoms with Gasteiger partial charge in [-0.15, -0.1) is 0 Å². The zero-order chi connectivity index (χ0) is 34.8. The number of halogens is 2. The molecule has 8 aromatic carbocycles. The Balaban J connectivity index is 1.24. The van der Waals surface area contributed by atoms with Gasteiger partial charge in [0.05, 0.1) is 5.41 Å². The third-order valence-corrected chi connectivity index (χ3v) is 10.8. The minimum atomic E-state index is -0.588. The van der Waals surface area contributed by atoms with E-state index in [1.807, 2.05) is 42.5 Å². The van der Waals surface area contributed by atoms with Gasteiger partial charge in [-0.2, -0.15) is 0 Å². The standard InChI is InChI=1S/C49H31F2N/c50-35-21-17-34(18-22-35)40-13-8-16-46-48(40)43-30-29-39(31-47(43)49(46)44-14-6-4-11-41(44)42-12-5-7-15-45(42)49)52(38-27-23-36(51)24-28-38)37-25-19-33(20-26-37)32-9-2-1-3-10-32/h1-31H. The van der Waals surface area contributed by atoms with Crippen LogP contribution in [0.5, 0.6) is 0 Å². The van der Waals surface area contributed by atoms with E-state index in [9.17, 15) is 8.78 Å². The first-order chi connectivity index (χ1) is 25.6. The molecule has 0 aliphatic heterocycles. The average molecular weight is 672 g/mol. The van der Waals surface area contributed by atoms with Crippen LogP contribution in [0, 0.1) is 11.6 Å². The molecule has 52 heavy (non-hydrogen) atoms. The summed E-state index contributed by atoms with van der Waals surface area (Å²) < 4.78 is 28.6. The summed E-state index contributed by atoms with van der Waals surface area (Å²) in [7, 11) is 0. The molecule has 2 aliphatic carbocycles. The number of fused-ring (bicyclic) bond motifs is 10. The van der Waals surface area contributed by atoms with Crippen LogP contribution in [-0.2, 0) is 5.41 Å². The number of rotatable bonds is 5. The number of benzene rings is 8. The van der Waals surface area contributed by atoms with Crippen molar-refractivity contribution >= 4 is 17.1 Å². The number of hydrogen-bond donors (Lipinski definition) is 0. The second-order valence-corrected chi connectivity index (χ2v) is 13.5. The molecular formula is C49H31F2N. The second kappa shape index (κ2) is 11.8. The lowest BCUT2D eigenvalue weighted by atomic mass is 9.70. The van der Waals surface area contributed by atoms with Crippen LogP contribution >= 0.6 is 0 Å². The Kier molecular flexibility index (Phi) is 6.84. The van der Waals surface area contributed by atoms with Crippen LogP contribution in [0.1, 0.15) is 22.3 Å². The lowest BCUT2D eigenvalue weighted by Gasteiger charge is -2.32. The Labute approximate surface area is 301 Å². The summed E-state index contributed by atoms with van der Waals surface area (Å²) in [5.41, 5.74) is 16.1. The van der Waals surface area contributed by atoms with Crippen molar-refractivity contribution in [2.75, 3.05) is 4.90 Å². The maximum absolute atomic E-state index is 14.4. The third kappa shape index (κ3) is 4.46. The molecule has 10 rings (SSSR count). The molecule has 0 aromatic heterocycles. The molecule has 0 atom stereocenters. The molecule has 0 fully saturated rings. The molecule has 0 amide bonds. The van der Waals surface area contributed by atoms with Crippen molar-refractivity contribution in [3.63, 3.8) is 0 Å². The van der Waals surface area contributed by atoms with Crippen molar-refractivity contribution in [1.29, 1.82) is 0 Å². The van der Waals surface area contributed by atoms with Gasteiger partial charge >= 0.3 is 0 Å². The predicted molar refractivity (Wildman–Crippen MR) is 208 cm³/mol. The fourth-order valence-corrected chi connectivity index (χ4v) is 8.66. The van der Waals surface area contributed by atoms with Gasteiger partial charge in [0.25, 0.3) is 0 Å². The molecular weight excluding hydrogens is 641 g/mol. The highest BCUT2D eigenvalue weighted by Gasteiger charge is 2.52. The van der Waals surface area contributed by atoms with Crippen molar-refractivity contribution in [2.45, 2.75) is 5.41 Å². The van der Waals surface area contributed by atoms with E-state index in [1.165, 1.54) is 57.6 Å². The zero-order valence-electron chi connectivity index (χ0n) is 28.1. The molecule has 8 aromatic rings. The second-order valence-electron chi connectivity index (χ2n) is 13.5. The molecule has 0 bridgehead atoms. The van der Waals surface area contributed by atoms with Gasteiger partial charge in [0.15, 0.2) is 0 Å². The number of hydrogen-bond acceptors (Lipinski definition) is 1. The van der Waals surface area contributed by atoms with Crippen LogP contribution in [0.15, 0.2) is 188 Å². The third-order valence-electron chi connectivity index (χ3n) is 10.8. The van der Waals surface area contributed by atoms with E-state index in [-0.39, 0.29) is 11.6 Å². The van der Waals surface area contributed by atoms with Crippen LogP contribution in [0.4, 0.5) is 25.8 Å². The number of anilines is 3. The van der Waals surface area contributed by atoms with E-state index < -0.39 is 5.41 Å². The fraction of sp³-hybridized carbons (Fsp3) is 0.0204. The van der Waals surface area contributed by atoms with E-state index >= 15 is 0 Å². The summed E-state index contributed by atoms with van der Waals surface area (Å²) in [5.74, 6) is -0.534. The van der Waals surface area contributed by atoms with Gasteiger partial charge in [0.2, 0.25) is 0 Å². The van der Waals surface area contributed by atoms with E-state index in [4.69, 9.17) is 0 Å². The average Bonchev–Trinajstić information content (AvgIpc) is 3.67. The molecule has 0 saturated heterocycles. The molecule has 1 spiro atoms. The Morgan fingerprint density at radius 1 is 0.327 bits per heavy atom. The first-order valence-corrected chi connectivity index (χ1v) is 17.6. The van der Waals surface area contributed by atoms with Gasteiger partial charge in [0, 0.05) is 17.1 Å². The van der Waals surface area contributed by atoms with Crippen LogP contribution in [-0.4, -0.2) is 0 Å². The SMILES string of the molecule is Fc1ccc(-c2cccc3c2-c2ccc(N(c4ccc(F)cc4)c4ccc(-c5ccccc5)cc4)cc2C32c3ccccc3-c3ccccc32)cc1. The molecule has 3 heteroatoms. The highest BCUT2D eigenvalue weighted by molar-refractivity contribution is 6.01. The summed E-state index contributed by atoms with van der Waals surface area (Å²) in [4.78, 5) is 2.21. The van der Waals surface area contributed by atoms with Gasteiger partial charge in [-0.25, -0.2) is 8.78 Å². The Morgan fingerprint density at radius 2 is 0.808 bits per heavy atom. The highest BCUT2D eigenvalue weighted by atomic mass is 19.1. The van der Waals surface area contributed by atoms with Gasteiger partial charge in [-0.05, 0) is 127 Å². The Morgan fingerprint density at radius 3 is 1.46 bits per heavy atom. The smallest absolute Gasteiger partial charge is 0.123 e. The van der Waals surface area contributed by atoms with Crippen molar-refractivity contribution in [3.05, 3.63) is 222 Å². The summed E-state index contributed by atoms with van der Waals surface area (Å²) >= 11 is 0. The molecule has 0 radical (unpaired) electrons. The molecule has 2 aliphatic rings. The normalized spacial score (nSPS) is 13.0. The summed E-state index contributed by atoms with van der Waals surface area (Å²) in [6, 6.07) is 63.2. The maximum atomic E-state index is 14.4. The molecule has 1 nitrogen and oxygen atoms in total. The van der Waals surface area contributed by atoms with Crippen molar-refractivity contribution in [2.24, 2.45) is 0 Å². The topological polar surface area (TPSA) is 3.24 Å². The van der Waals surface area contributed by atoms with Gasteiger partial charge < -0.3 is 4.90 Å². The Bertz CT molecular complexity index is 2580. The van der Waals surface area contributed by atoms with E-state index in [0.717, 1.165) is 50.4 Å². The fourth-order valence-electron chi connectivity index (χ4n) is 8.66. The van der Waals surface area contributed by atoms with Crippen molar-refractivity contribution in [1.82, 2.24) is 0 Å². The monoisotopic (exact) mass is 671 g/mol. The van der Waals surface area contributed by atoms with Gasteiger partial charge in [0.1, 0.15) is 11.6 Å². The van der Waals surface area contributed by atoms with E-state index in [1.54, 1.807) is 0 Å². The van der Waals surface area contributed by atoms with Crippen molar-refractivity contribution in [3.8, 4) is 44.5 Å². The molecule has 0 saturated carbocycles. The van der Waals surface area contributed by atoms with Crippen LogP contribution in [0.3, 0.4) is 0 Å². The summed E-state index contributed by atoms with van der Waals surface area (Å²) in [6.07, 6.45) is 0. The molecule has 0 heterocycles. The predicted octanol–water partition coefficient (Wildman–Crippen LogP) is 13.1.